The molecule has 0 bridgehead atoms. The molecule has 0 heterocycles. The first-order valence-electron chi connectivity index (χ1n) is 6.54. The lowest BCUT2D eigenvalue weighted by atomic mass is 9.93. The van der Waals surface area contributed by atoms with Crippen LogP contribution in [0.3, 0.4) is 0 Å². The Morgan fingerprint density at radius 3 is 2.52 bits per heavy atom. The highest BCUT2D eigenvalue weighted by atomic mass is 32.2. The van der Waals surface area contributed by atoms with E-state index in [1.165, 1.54) is 0 Å². The van der Waals surface area contributed by atoms with Gasteiger partial charge in [-0.2, -0.15) is 0 Å². The number of carboxylic acid groups (broad SMARTS) is 1. The van der Waals surface area contributed by atoms with Gasteiger partial charge in [-0.1, -0.05) is 12.8 Å². The molecule has 0 radical (unpaired) electrons. The number of aliphatic hydroxyl groups excluding tert-OH is 1. The van der Waals surface area contributed by atoms with E-state index in [4.69, 9.17) is 5.11 Å². The van der Waals surface area contributed by atoms with Gasteiger partial charge in [-0.15, -0.1) is 0 Å². The van der Waals surface area contributed by atoms with Crippen molar-refractivity contribution in [2.75, 3.05) is 0 Å². The maximum absolute atomic E-state index is 13.8. The van der Waals surface area contributed by atoms with Crippen LogP contribution < -0.4 is 4.72 Å². The average molecular weight is 317 g/mol. The highest BCUT2D eigenvalue weighted by Crippen LogP contribution is 2.22. The summed E-state index contributed by atoms with van der Waals surface area (Å²) in [4.78, 5) is 10.1. The minimum absolute atomic E-state index is 0.329. The predicted octanol–water partition coefficient (Wildman–Crippen LogP) is 1.11. The Labute approximate surface area is 121 Å². The first-order chi connectivity index (χ1) is 9.81. The van der Waals surface area contributed by atoms with E-state index in [-0.39, 0.29) is 5.56 Å². The molecule has 2 atom stereocenters. The molecule has 1 saturated carbocycles. The van der Waals surface area contributed by atoms with E-state index in [0.29, 0.717) is 18.9 Å². The van der Waals surface area contributed by atoms with Gasteiger partial charge in [-0.25, -0.2) is 22.3 Å². The molecule has 6 nitrogen and oxygen atoms in total. The molecule has 1 aliphatic carbocycles. The molecule has 1 aliphatic rings. The Balaban J connectivity index is 2.25. The molecule has 3 N–H and O–H groups in total. The number of sulfonamides is 1. The smallest absolute Gasteiger partial charge is 0.335 e. The molecule has 21 heavy (non-hydrogen) atoms. The second kappa shape index (κ2) is 6.08. The maximum atomic E-state index is 13.8. The lowest BCUT2D eigenvalue weighted by Crippen LogP contribution is -2.45. The van der Waals surface area contributed by atoms with Crippen molar-refractivity contribution in [1.29, 1.82) is 0 Å². The number of aliphatic hydroxyl groups is 1. The summed E-state index contributed by atoms with van der Waals surface area (Å²) in [5, 5.41) is 18.5. The Morgan fingerprint density at radius 1 is 1.29 bits per heavy atom. The topological polar surface area (TPSA) is 104 Å². The molecule has 0 aliphatic heterocycles. The predicted molar refractivity (Wildman–Crippen MR) is 71.9 cm³/mol. The minimum Gasteiger partial charge on any atom is -0.478 e. The van der Waals surface area contributed by atoms with Crippen LogP contribution in [0.4, 0.5) is 4.39 Å². The van der Waals surface area contributed by atoms with Gasteiger partial charge in [0.25, 0.3) is 0 Å². The van der Waals surface area contributed by atoms with Crippen molar-refractivity contribution < 1.29 is 27.8 Å². The lowest BCUT2D eigenvalue weighted by Gasteiger charge is -2.28. The molecule has 1 aromatic rings. The Bertz CT molecular complexity index is 646. The van der Waals surface area contributed by atoms with Crippen LogP contribution in [0.15, 0.2) is 23.1 Å². The summed E-state index contributed by atoms with van der Waals surface area (Å²) in [5.74, 6) is -2.47. The van der Waals surface area contributed by atoms with Crippen molar-refractivity contribution >= 4 is 16.0 Å². The van der Waals surface area contributed by atoms with Gasteiger partial charge in [-0.05, 0) is 31.0 Å². The number of carboxylic acids is 1. The zero-order valence-corrected chi connectivity index (χ0v) is 11.9. The molecule has 1 aromatic carbocycles. The van der Waals surface area contributed by atoms with E-state index in [9.17, 15) is 22.7 Å². The number of carbonyl (C=O) groups is 1. The number of hydrogen-bond donors (Lipinski definition) is 3. The summed E-state index contributed by atoms with van der Waals surface area (Å²) in [6, 6.07) is 1.95. The van der Waals surface area contributed by atoms with Gasteiger partial charge in [-0.3, -0.25) is 0 Å². The summed E-state index contributed by atoms with van der Waals surface area (Å²) in [5.41, 5.74) is -0.329. The van der Waals surface area contributed by atoms with Crippen LogP contribution in [0.25, 0.3) is 0 Å². The van der Waals surface area contributed by atoms with Crippen molar-refractivity contribution in [2.24, 2.45) is 0 Å². The molecule has 2 rings (SSSR count). The van der Waals surface area contributed by atoms with Crippen LogP contribution in [0, 0.1) is 5.82 Å². The third kappa shape index (κ3) is 3.58. The fraction of sp³-hybridized carbons (Fsp3) is 0.462. The lowest BCUT2D eigenvalue weighted by molar-refractivity contribution is 0.0696. The van der Waals surface area contributed by atoms with E-state index < -0.39 is 38.9 Å². The number of aromatic carboxylic acids is 1. The van der Waals surface area contributed by atoms with Crippen molar-refractivity contribution in [1.82, 2.24) is 4.72 Å². The average Bonchev–Trinajstić information content (AvgIpc) is 2.40. The summed E-state index contributed by atoms with van der Waals surface area (Å²) in [6.45, 7) is 0. The van der Waals surface area contributed by atoms with Crippen LogP contribution in [0.5, 0.6) is 0 Å². The fourth-order valence-electron chi connectivity index (χ4n) is 2.36. The molecular formula is C13H16FNO5S. The van der Waals surface area contributed by atoms with Crippen LogP contribution in [-0.4, -0.2) is 36.7 Å². The first-order valence-corrected chi connectivity index (χ1v) is 8.03. The van der Waals surface area contributed by atoms with E-state index in [0.717, 1.165) is 25.0 Å². The Morgan fingerprint density at radius 2 is 1.95 bits per heavy atom. The normalized spacial score (nSPS) is 23.0. The molecule has 0 aromatic heterocycles. The van der Waals surface area contributed by atoms with Gasteiger partial charge in [0.2, 0.25) is 10.0 Å². The van der Waals surface area contributed by atoms with E-state index in [1.807, 2.05) is 0 Å². The number of rotatable bonds is 4. The van der Waals surface area contributed by atoms with Crippen LogP contribution in [0.2, 0.25) is 0 Å². The summed E-state index contributed by atoms with van der Waals surface area (Å²) >= 11 is 0. The number of nitrogens with one attached hydrogen (secondary N) is 1. The second-order valence-corrected chi connectivity index (χ2v) is 6.71. The van der Waals surface area contributed by atoms with Crippen LogP contribution in [-0.2, 0) is 10.0 Å². The summed E-state index contributed by atoms with van der Waals surface area (Å²) in [6.07, 6.45) is 1.78. The van der Waals surface area contributed by atoms with Crippen molar-refractivity contribution in [3.8, 4) is 0 Å². The Kier molecular flexibility index (Phi) is 4.60. The highest BCUT2D eigenvalue weighted by Gasteiger charge is 2.29. The second-order valence-electron chi connectivity index (χ2n) is 5.03. The van der Waals surface area contributed by atoms with E-state index in [2.05, 4.69) is 4.72 Å². The molecule has 0 saturated heterocycles. The maximum Gasteiger partial charge on any atom is 0.335 e. The Hall–Kier alpha value is -1.51. The minimum atomic E-state index is -4.14. The van der Waals surface area contributed by atoms with Crippen LogP contribution >= 0.6 is 0 Å². The third-order valence-electron chi connectivity index (χ3n) is 3.50. The number of benzene rings is 1. The van der Waals surface area contributed by atoms with Crippen LogP contribution in [0.1, 0.15) is 36.0 Å². The number of halogens is 1. The molecular weight excluding hydrogens is 301 g/mol. The molecule has 116 valence electrons. The summed E-state index contributed by atoms with van der Waals surface area (Å²) < 4.78 is 40.4. The largest absolute Gasteiger partial charge is 0.478 e. The third-order valence-corrected chi connectivity index (χ3v) is 5.03. The standard InChI is InChI=1S/C13H16FNO5S/c14-9-7-8(13(17)18)5-6-12(9)21(19,20)15-10-3-1-2-4-11(10)16/h5-7,10-11,15-16H,1-4H2,(H,17,18). The quantitative estimate of drug-likeness (QED) is 0.771. The van der Waals surface area contributed by atoms with Crippen molar-refractivity contribution in [3.05, 3.63) is 29.6 Å². The zero-order chi connectivity index (χ0) is 15.6. The van der Waals surface area contributed by atoms with Gasteiger partial charge in [0, 0.05) is 6.04 Å². The van der Waals surface area contributed by atoms with Gasteiger partial charge >= 0.3 is 5.97 Å². The van der Waals surface area contributed by atoms with Gasteiger partial charge in [0.05, 0.1) is 11.7 Å². The monoisotopic (exact) mass is 317 g/mol. The fourth-order valence-corrected chi connectivity index (χ4v) is 3.73. The van der Waals surface area contributed by atoms with Gasteiger partial charge < -0.3 is 10.2 Å². The molecule has 0 amide bonds. The van der Waals surface area contributed by atoms with Gasteiger partial charge in [0.1, 0.15) is 10.7 Å². The highest BCUT2D eigenvalue weighted by molar-refractivity contribution is 7.89. The first kappa shape index (κ1) is 15.9. The molecule has 2 unspecified atom stereocenters. The molecule has 0 spiro atoms. The van der Waals surface area contributed by atoms with Gasteiger partial charge in [0.15, 0.2) is 0 Å². The SMILES string of the molecule is O=C(O)c1ccc(S(=O)(=O)NC2CCCCC2O)c(F)c1. The summed E-state index contributed by atoms with van der Waals surface area (Å²) in [7, 11) is -4.14. The van der Waals surface area contributed by atoms with E-state index >= 15 is 0 Å². The molecule has 8 heteroatoms. The van der Waals surface area contributed by atoms with E-state index in [1.54, 1.807) is 0 Å². The van der Waals surface area contributed by atoms with Crippen molar-refractivity contribution in [2.45, 2.75) is 42.7 Å². The molecule has 1 fully saturated rings. The van der Waals surface area contributed by atoms with Crippen molar-refractivity contribution in [3.63, 3.8) is 0 Å². The zero-order valence-electron chi connectivity index (χ0n) is 11.1. The number of hydrogen-bond acceptors (Lipinski definition) is 4.